The van der Waals surface area contributed by atoms with Crippen LogP contribution in [0.3, 0.4) is 0 Å². The zero-order chi connectivity index (χ0) is 23.7. The number of hydrogen-bond acceptors (Lipinski definition) is 12. The van der Waals surface area contributed by atoms with Crippen molar-refractivity contribution in [3.05, 3.63) is 44.1 Å². The Morgan fingerprint density at radius 2 is 2.18 bits per heavy atom. The first-order valence-corrected chi connectivity index (χ1v) is 12.1. The highest BCUT2D eigenvalue weighted by Gasteiger charge is 2.54. The van der Waals surface area contributed by atoms with Gasteiger partial charge in [0.25, 0.3) is 11.8 Å². The third kappa shape index (κ3) is 4.52. The van der Waals surface area contributed by atoms with Gasteiger partial charge in [-0.05, 0) is 6.08 Å². The van der Waals surface area contributed by atoms with Crippen LogP contribution < -0.4 is 11.1 Å². The van der Waals surface area contributed by atoms with Gasteiger partial charge in [0, 0.05) is 16.7 Å². The highest BCUT2D eigenvalue weighted by atomic mass is 35.5. The number of carbonyl (C=O) groups is 3. The molecule has 2 aromatic rings. The van der Waals surface area contributed by atoms with Crippen LogP contribution in [0.25, 0.3) is 6.08 Å². The molecule has 2 aliphatic rings. The fourth-order valence-corrected chi connectivity index (χ4v) is 5.75. The molecular formula is C17H13ClN6O6S3. The number of rotatable bonds is 6. The van der Waals surface area contributed by atoms with Gasteiger partial charge < -0.3 is 26.1 Å². The van der Waals surface area contributed by atoms with E-state index in [-0.39, 0.29) is 16.7 Å². The number of oxime groups is 1. The van der Waals surface area contributed by atoms with Gasteiger partial charge in [0.15, 0.2) is 10.8 Å². The molecule has 1 unspecified atom stereocenters. The zero-order valence-electron chi connectivity index (χ0n) is 16.2. The Morgan fingerprint density at radius 3 is 2.79 bits per heavy atom. The lowest BCUT2D eigenvalue weighted by Gasteiger charge is -2.48. The molecule has 1 saturated heterocycles. The molecule has 2 aromatic heterocycles. The van der Waals surface area contributed by atoms with E-state index >= 15 is 0 Å². The summed E-state index contributed by atoms with van der Waals surface area (Å²) in [6, 6.07) is -0.996. The number of nitrogen functional groups attached to an aromatic ring is 1. The molecule has 0 bridgehead atoms. The fourth-order valence-electron chi connectivity index (χ4n) is 3.04. The molecule has 2 aliphatic heterocycles. The number of thiazole rings is 2. The standard InChI is InChI=1S/C17H13ClN6O6S3/c18-11-8(33-5-20-11)2-1-6-3-31-15-10(13(26)24(15)14(6)30-17(27)28)22-12(25)9(23-29)7-4-32-16(19)21-7/h1-2,4-5,10,15,29H,3H2,(H2,19,21)(H,22,25)(H,27,28)/t10?,15-/m0/s1. The number of thioether (sulfide) groups is 1. The molecule has 0 aliphatic carbocycles. The number of hydrogen-bond donors (Lipinski definition) is 4. The number of β-lactam (4-membered cyclic amide) rings is 1. The summed E-state index contributed by atoms with van der Waals surface area (Å²) < 4.78 is 4.89. The van der Waals surface area contributed by atoms with E-state index in [0.29, 0.717) is 21.4 Å². The number of nitrogens with one attached hydrogen (secondary N) is 1. The van der Waals surface area contributed by atoms with Gasteiger partial charge in [-0.15, -0.1) is 34.4 Å². The van der Waals surface area contributed by atoms with Crippen molar-refractivity contribution in [3.8, 4) is 0 Å². The van der Waals surface area contributed by atoms with Crippen LogP contribution in [0, 0.1) is 0 Å². The Balaban J connectivity index is 1.54. The second-order valence-electron chi connectivity index (χ2n) is 6.42. The van der Waals surface area contributed by atoms with E-state index in [9.17, 15) is 19.6 Å². The minimum absolute atomic E-state index is 0.0568. The predicted octanol–water partition coefficient (Wildman–Crippen LogP) is 2.03. The van der Waals surface area contributed by atoms with Crippen LogP contribution >= 0.6 is 46.0 Å². The molecule has 0 aromatic carbocycles. The average Bonchev–Trinajstić information content (AvgIpc) is 3.38. The molecule has 2 amide bonds. The van der Waals surface area contributed by atoms with Gasteiger partial charge in [-0.3, -0.25) is 14.5 Å². The first kappa shape index (κ1) is 23.0. The lowest BCUT2D eigenvalue weighted by molar-refractivity contribution is -0.148. The Morgan fingerprint density at radius 1 is 1.39 bits per heavy atom. The number of halogens is 1. The molecule has 2 atom stereocenters. The molecule has 4 heterocycles. The number of nitrogens with two attached hydrogens (primary N) is 1. The second-order valence-corrected chi connectivity index (χ2v) is 9.66. The summed E-state index contributed by atoms with van der Waals surface area (Å²) in [4.78, 5) is 46.2. The smallest absolute Gasteiger partial charge is 0.449 e. The molecule has 0 saturated carbocycles. The van der Waals surface area contributed by atoms with Crippen molar-refractivity contribution >= 4 is 80.9 Å². The van der Waals surface area contributed by atoms with E-state index in [2.05, 4.69) is 20.4 Å². The number of fused-ring (bicyclic) bond motifs is 1. The minimum atomic E-state index is -1.59. The van der Waals surface area contributed by atoms with Crippen LogP contribution in [0.5, 0.6) is 0 Å². The number of aromatic nitrogens is 2. The van der Waals surface area contributed by atoms with Crippen LogP contribution in [0.15, 0.2) is 33.6 Å². The topological polar surface area (TPSA) is 180 Å². The largest absolute Gasteiger partial charge is 0.512 e. The number of allylic oxidation sites excluding steroid dienone is 1. The Kier molecular flexibility index (Phi) is 6.55. The number of ether oxygens (including phenoxy) is 1. The van der Waals surface area contributed by atoms with E-state index in [1.807, 2.05) is 0 Å². The van der Waals surface area contributed by atoms with Crippen molar-refractivity contribution in [2.45, 2.75) is 11.4 Å². The summed E-state index contributed by atoms with van der Waals surface area (Å²) in [6.07, 6.45) is 1.66. The highest BCUT2D eigenvalue weighted by molar-refractivity contribution is 8.00. The van der Waals surface area contributed by atoms with Crippen molar-refractivity contribution in [2.24, 2.45) is 5.16 Å². The number of anilines is 1. The Bertz CT molecular complexity index is 1220. The lowest BCUT2D eigenvalue weighted by Crippen LogP contribution is -2.70. The van der Waals surface area contributed by atoms with Crippen LogP contribution in [0.2, 0.25) is 5.15 Å². The lowest BCUT2D eigenvalue weighted by atomic mass is 10.1. The molecule has 0 spiro atoms. The molecule has 172 valence electrons. The van der Waals surface area contributed by atoms with Gasteiger partial charge in [0.2, 0.25) is 5.88 Å². The summed E-state index contributed by atoms with van der Waals surface area (Å²) >= 11 is 9.61. The molecule has 1 fully saturated rings. The van der Waals surface area contributed by atoms with E-state index in [1.54, 1.807) is 17.7 Å². The molecule has 5 N–H and O–H groups in total. The highest BCUT2D eigenvalue weighted by Crippen LogP contribution is 2.41. The monoisotopic (exact) mass is 528 g/mol. The number of nitrogens with zero attached hydrogens (tertiary/aromatic N) is 4. The zero-order valence-corrected chi connectivity index (χ0v) is 19.4. The van der Waals surface area contributed by atoms with Crippen LogP contribution in [0.4, 0.5) is 9.93 Å². The first-order valence-electron chi connectivity index (χ1n) is 8.90. The van der Waals surface area contributed by atoms with Crippen molar-refractivity contribution in [1.29, 1.82) is 0 Å². The van der Waals surface area contributed by atoms with Crippen molar-refractivity contribution in [2.75, 3.05) is 11.5 Å². The van der Waals surface area contributed by atoms with Crippen molar-refractivity contribution in [3.63, 3.8) is 0 Å². The average molecular weight is 529 g/mol. The van der Waals surface area contributed by atoms with E-state index in [1.165, 1.54) is 28.5 Å². The summed E-state index contributed by atoms with van der Waals surface area (Å²) in [5, 5.41) is 25.1. The quantitative estimate of drug-likeness (QED) is 0.142. The van der Waals surface area contributed by atoms with Crippen LogP contribution in [-0.4, -0.2) is 66.0 Å². The van der Waals surface area contributed by atoms with E-state index in [0.717, 1.165) is 16.2 Å². The van der Waals surface area contributed by atoms with E-state index in [4.69, 9.17) is 27.2 Å². The van der Waals surface area contributed by atoms with Gasteiger partial charge in [-0.2, -0.15) is 0 Å². The third-order valence-corrected chi connectivity index (χ3v) is 7.66. The fraction of sp³-hybridized carbons (Fsp3) is 0.176. The van der Waals surface area contributed by atoms with Gasteiger partial charge in [0.1, 0.15) is 22.3 Å². The molecule has 33 heavy (non-hydrogen) atoms. The van der Waals surface area contributed by atoms with Crippen molar-refractivity contribution in [1.82, 2.24) is 20.2 Å². The molecule has 0 radical (unpaired) electrons. The molecule has 12 nitrogen and oxygen atoms in total. The van der Waals surface area contributed by atoms with Crippen molar-refractivity contribution < 1.29 is 29.4 Å². The summed E-state index contributed by atoms with van der Waals surface area (Å²) in [5.74, 6) is -1.29. The summed E-state index contributed by atoms with van der Waals surface area (Å²) in [5.41, 5.74) is 7.20. The first-order chi connectivity index (χ1) is 15.8. The minimum Gasteiger partial charge on any atom is -0.449 e. The summed E-state index contributed by atoms with van der Waals surface area (Å²) in [7, 11) is 0. The SMILES string of the molecule is Nc1nc(C(=NO)C(=O)NC2C(=O)N3C(OC(=O)O)=C(C=Cc4scnc4Cl)CS[C@@H]23)cs1. The number of amides is 2. The maximum absolute atomic E-state index is 12.8. The third-order valence-electron chi connectivity index (χ3n) is 4.48. The maximum atomic E-state index is 12.8. The van der Waals surface area contributed by atoms with Gasteiger partial charge in [0.05, 0.1) is 10.4 Å². The number of carboxylic acid groups (broad SMARTS) is 1. The maximum Gasteiger partial charge on any atom is 0.512 e. The predicted molar refractivity (Wildman–Crippen MR) is 122 cm³/mol. The van der Waals surface area contributed by atoms with Gasteiger partial charge in [-0.1, -0.05) is 22.8 Å². The molecule has 4 rings (SSSR count). The molecule has 16 heteroatoms. The van der Waals surface area contributed by atoms with Gasteiger partial charge >= 0.3 is 6.16 Å². The Labute approximate surface area is 202 Å². The van der Waals surface area contributed by atoms with Gasteiger partial charge in [-0.25, -0.2) is 14.8 Å². The Hall–Kier alpha value is -3.14. The number of carbonyl (C=O) groups excluding carboxylic acids is 2. The normalized spacial score (nSPS) is 20.6. The van der Waals surface area contributed by atoms with Crippen LogP contribution in [0.1, 0.15) is 10.6 Å². The molecular weight excluding hydrogens is 516 g/mol. The summed E-state index contributed by atoms with van der Waals surface area (Å²) in [6.45, 7) is 0. The second kappa shape index (κ2) is 9.38. The van der Waals surface area contributed by atoms with Crippen LogP contribution in [-0.2, 0) is 14.3 Å². The van der Waals surface area contributed by atoms with E-state index < -0.39 is 35.1 Å².